The van der Waals surface area contributed by atoms with Crippen molar-refractivity contribution in [3.05, 3.63) is 18.0 Å². The van der Waals surface area contributed by atoms with Crippen LogP contribution in [0.3, 0.4) is 0 Å². The van der Waals surface area contributed by atoms with Crippen LogP contribution in [0, 0.1) is 5.92 Å². The number of alkyl halides is 3. The monoisotopic (exact) mass is 338 g/mol. The molecule has 0 bridgehead atoms. The van der Waals surface area contributed by atoms with Gasteiger partial charge in [0.15, 0.2) is 0 Å². The third kappa shape index (κ3) is 9.51. The zero-order valence-electron chi connectivity index (χ0n) is 13.1. The summed E-state index contributed by atoms with van der Waals surface area (Å²) in [5.41, 5.74) is 6.73. The lowest BCUT2D eigenvalue weighted by Gasteiger charge is -2.13. The van der Waals surface area contributed by atoms with Gasteiger partial charge in [0.2, 0.25) is 5.91 Å². The number of aliphatic carboxylic acids is 1. The minimum Gasteiger partial charge on any atom is -0.475 e. The van der Waals surface area contributed by atoms with Crippen LogP contribution in [0.25, 0.3) is 0 Å². The number of amides is 1. The van der Waals surface area contributed by atoms with Crippen molar-refractivity contribution < 1.29 is 27.9 Å². The first-order chi connectivity index (χ1) is 10.4. The van der Waals surface area contributed by atoms with Crippen molar-refractivity contribution in [3.8, 4) is 0 Å². The Morgan fingerprint density at radius 3 is 2.30 bits per heavy atom. The molecule has 0 aromatic carbocycles. The third-order valence-corrected chi connectivity index (χ3v) is 2.53. The fourth-order valence-electron chi connectivity index (χ4n) is 1.50. The molecule has 10 heteroatoms. The molecule has 1 amide bonds. The van der Waals surface area contributed by atoms with E-state index in [-0.39, 0.29) is 5.91 Å². The molecule has 1 rings (SSSR count). The number of aromatic nitrogens is 2. The summed E-state index contributed by atoms with van der Waals surface area (Å²) in [5.74, 6) is -2.43. The number of nitrogens with two attached hydrogens (primary N) is 1. The van der Waals surface area contributed by atoms with Gasteiger partial charge in [0.05, 0.1) is 12.2 Å². The molecule has 0 saturated heterocycles. The lowest BCUT2D eigenvalue weighted by molar-refractivity contribution is -0.192. The van der Waals surface area contributed by atoms with Gasteiger partial charge in [-0.3, -0.25) is 9.48 Å². The number of carboxylic acids is 1. The number of nitrogens with one attached hydrogen (secondary N) is 1. The molecule has 0 spiro atoms. The van der Waals surface area contributed by atoms with E-state index in [0.29, 0.717) is 18.9 Å². The van der Waals surface area contributed by atoms with E-state index in [1.54, 1.807) is 10.9 Å². The number of carbonyl (C=O) groups excluding carboxylic acids is 1. The summed E-state index contributed by atoms with van der Waals surface area (Å²) >= 11 is 0. The van der Waals surface area contributed by atoms with Gasteiger partial charge in [-0.25, -0.2) is 4.79 Å². The number of hydrogen-bond acceptors (Lipinski definition) is 4. The lowest BCUT2D eigenvalue weighted by atomic mass is 10.0. The molecular weight excluding hydrogens is 317 g/mol. The molecule has 1 heterocycles. The van der Waals surface area contributed by atoms with Crippen LogP contribution in [0.4, 0.5) is 13.2 Å². The standard InChI is InChI=1S/C11H20N4O.C2HF3O2/c1-8(2)4-10(12)11(16)13-5-9-6-14-15(3)7-9;3-2(4,5)1(6)7/h6-8,10H,4-5,12H2,1-3H3,(H,13,16);(H,6,7). The van der Waals surface area contributed by atoms with Gasteiger partial charge in [-0.1, -0.05) is 13.8 Å². The van der Waals surface area contributed by atoms with E-state index in [1.165, 1.54) is 0 Å². The molecule has 1 aromatic rings. The Balaban J connectivity index is 0.000000585. The van der Waals surface area contributed by atoms with Crippen LogP contribution in [0.5, 0.6) is 0 Å². The zero-order chi connectivity index (χ0) is 18.2. The summed E-state index contributed by atoms with van der Waals surface area (Å²) < 4.78 is 33.4. The summed E-state index contributed by atoms with van der Waals surface area (Å²) in [7, 11) is 1.84. The van der Waals surface area contributed by atoms with Crippen LogP contribution in [0.15, 0.2) is 12.4 Å². The molecule has 0 saturated carbocycles. The Bertz CT molecular complexity index is 515. The van der Waals surface area contributed by atoms with Gasteiger partial charge in [-0.15, -0.1) is 0 Å². The Labute approximate surface area is 131 Å². The van der Waals surface area contributed by atoms with Crippen molar-refractivity contribution >= 4 is 11.9 Å². The van der Waals surface area contributed by atoms with E-state index >= 15 is 0 Å². The van der Waals surface area contributed by atoms with E-state index in [1.807, 2.05) is 27.1 Å². The largest absolute Gasteiger partial charge is 0.490 e. The normalized spacial score (nSPS) is 12.3. The van der Waals surface area contributed by atoms with E-state index in [4.69, 9.17) is 15.6 Å². The average molecular weight is 338 g/mol. The predicted octanol–water partition coefficient (Wildman–Crippen LogP) is 1.04. The van der Waals surface area contributed by atoms with Crippen LogP contribution >= 0.6 is 0 Å². The van der Waals surface area contributed by atoms with Gasteiger partial charge in [0.25, 0.3) is 0 Å². The van der Waals surface area contributed by atoms with E-state index in [9.17, 15) is 18.0 Å². The fourth-order valence-corrected chi connectivity index (χ4v) is 1.50. The van der Waals surface area contributed by atoms with Gasteiger partial charge >= 0.3 is 12.1 Å². The van der Waals surface area contributed by atoms with Gasteiger partial charge in [-0.05, 0) is 12.3 Å². The molecule has 1 unspecified atom stereocenters. The number of rotatable bonds is 5. The molecule has 7 nitrogen and oxygen atoms in total. The number of carboxylic acid groups (broad SMARTS) is 1. The molecule has 0 fully saturated rings. The molecular formula is C13H21F3N4O3. The van der Waals surface area contributed by atoms with Crippen molar-refractivity contribution in [2.75, 3.05) is 0 Å². The van der Waals surface area contributed by atoms with Crippen LogP contribution < -0.4 is 11.1 Å². The fraction of sp³-hybridized carbons (Fsp3) is 0.615. The van der Waals surface area contributed by atoms with E-state index < -0.39 is 18.2 Å². The Hall–Kier alpha value is -2.10. The summed E-state index contributed by atoms with van der Waals surface area (Å²) in [6, 6.07) is -0.420. The molecule has 1 atom stereocenters. The maximum Gasteiger partial charge on any atom is 0.490 e. The maximum absolute atomic E-state index is 11.6. The smallest absolute Gasteiger partial charge is 0.475 e. The van der Waals surface area contributed by atoms with Crippen molar-refractivity contribution in [2.24, 2.45) is 18.7 Å². The molecule has 1 aromatic heterocycles. The minimum absolute atomic E-state index is 0.0995. The van der Waals surface area contributed by atoms with Crippen molar-refractivity contribution in [1.82, 2.24) is 15.1 Å². The third-order valence-electron chi connectivity index (χ3n) is 2.53. The summed E-state index contributed by atoms with van der Waals surface area (Å²) in [4.78, 5) is 20.5. The Morgan fingerprint density at radius 2 is 1.96 bits per heavy atom. The van der Waals surface area contributed by atoms with Crippen LogP contribution in [0.1, 0.15) is 25.8 Å². The SMILES string of the molecule is CC(C)CC(N)C(=O)NCc1cnn(C)c1.O=C(O)C(F)(F)F. The first-order valence-electron chi connectivity index (χ1n) is 6.74. The number of halogens is 3. The number of nitrogens with zero attached hydrogens (tertiary/aromatic N) is 2. The number of hydrogen-bond donors (Lipinski definition) is 3. The highest BCUT2D eigenvalue weighted by molar-refractivity contribution is 5.81. The number of aryl methyl sites for hydroxylation is 1. The highest BCUT2D eigenvalue weighted by Crippen LogP contribution is 2.13. The first-order valence-corrected chi connectivity index (χ1v) is 6.74. The molecule has 0 aliphatic heterocycles. The van der Waals surface area contributed by atoms with Crippen molar-refractivity contribution in [2.45, 2.75) is 39.0 Å². The minimum atomic E-state index is -5.08. The number of carbonyl (C=O) groups is 2. The van der Waals surface area contributed by atoms with Gasteiger partial charge < -0.3 is 16.2 Å². The average Bonchev–Trinajstić information content (AvgIpc) is 2.80. The summed E-state index contributed by atoms with van der Waals surface area (Å²) in [6.45, 7) is 4.58. The molecule has 0 aliphatic carbocycles. The second-order valence-electron chi connectivity index (χ2n) is 5.28. The second kappa shape index (κ2) is 9.13. The van der Waals surface area contributed by atoms with Crippen molar-refractivity contribution in [1.29, 1.82) is 0 Å². The zero-order valence-corrected chi connectivity index (χ0v) is 13.1. The second-order valence-corrected chi connectivity index (χ2v) is 5.28. The topological polar surface area (TPSA) is 110 Å². The van der Waals surface area contributed by atoms with E-state index in [0.717, 1.165) is 5.56 Å². The van der Waals surface area contributed by atoms with E-state index in [2.05, 4.69) is 10.4 Å². The van der Waals surface area contributed by atoms with Crippen LogP contribution in [-0.4, -0.2) is 39.0 Å². The molecule has 132 valence electrons. The van der Waals surface area contributed by atoms with Crippen LogP contribution in [-0.2, 0) is 23.2 Å². The first kappa shape index (κ1) is 20.9. The van der Waals surface area contributed by atoms with Gasteiger partial charge in [-0.2, -0.15) is 18.3 Å². The maximum atomic E-state index is 11.6. The molecule has 0 aliphatic rings. The molecule has 0 radical (unpaired) electrons. The van der Waals surface area contributed by atoms with Crippen molar-refractivity contribution in [3.63, 3.8) is 0 Å². The van der Waals surface area contributed by atoms with Crippen LogP contribution in [0.2, 0.25) is 0 Å². The van der Waals surface area contributed by atoms with Gasteiger partial charge in [0, 0.05) is 25.4 Å². The molecule has 23 heavy (non-hydrogen) atoms. The highest BCUT2D eigenvalue weighted by atomic mass is 19.4. The van der Waals surface area contributed by atoms with Gasteiger partial charge in [0.1, 0.15) is 0 Å². The Kier molecular flexibility index (Phi) is 8.30. The molecule has 4 N–H and O–H groups in total. The summed E-state index contributed by atoms with van der Waals surface area (Å²) in [6.07, 6.45) is -0.776. The Morgan fingerprint density at radius 1 is 1.43 bits per heavy atom. The predicted molar refractivity (Wildman–Crippen MR) is 76.2 cm³/mol. The lowest BCUT2D eigenvalue weighted by Crippen LogP contribution is -2.40. The summed E-state index contributed by atoms with van der Waals surface area (Å²) in [5, 5.41) is 13.9. The highest BCUT2D eigenvalue weighted by Gasteiger charge is 2.38. The quantitative estimate of drug-likeness (QED) is 0.743.